The molecule has 2 heterocycles. The molecule has 4 rings (SSSR count). The van der Waals surface area contributed by atoms with Gasteiger partial charge in [-0.05, 0) is 30.7 Å². The largest absolute Gasteiger partial charge is 0.441 e. The minimum Gasteiger partial charge on any atom is -0.441 e. The first kappa shape index (κ1) is 18.7. The Morgan fingerprint density at radius 3 is 1.72 bits per heavy atom. The molecule has 4 aromatic rings. The van der Waals surface area contributed by atoms with E-state index in [9.17, 15) is 0 Å². The van der Waals surface area contributed by atoms with Crippen LogP contribution in [0.1, 0.15) is 32.6 Å². The Labute approximate surface area is 147 Å². The van der Waals surface area contributed by atoms with Gasteiger partial charge in [-0.2, -0.15) is 0 Å². The number of benzene rings is 2. The highest BCUT2D eigenvalue weighted by atomic mass is 16.4. The van der Waals surface area contributed by atoms with Crippen LogP contribution in [0.15, 0.2) is 57.4 Å². The van der Waals surface area contributed by atoms with Gasteiger partial charge in [-0.25, -0.2) is 9.97 Å². The predicted molar refractivity (Wildman–Crippen MR) is 99.5 cm³/mol. The average Bonchev–Trinajstić information content (AvgIpc) is 3.18. The van der Waals surface area contributed by atoms with Crippen molar-refractivity contribution < 1.29 is 13.9 Å². The SMILES string of the molecule is C.CCCc1nc2ccccc2o1.OCCc1nc2ccccc2o1. The van der Waals surface area contributed by atoms with Gasteiger partial charge in [-0.1, -0.05) is 38.6 Å². The van der Waals surface area contributed by atoms with Crippen molar-refractivity contribution >= 4 is 22.2 Å². The zero-order chi connectivity index (χ0) is 16.8. The van der Waals surface area contributed by atoms with Crippen molar-refractivity contribution in [3.63, 3.8) is 0 Å². The second-order valence-corrected chi connectivity index (χ2v) is 5.37. The molecule has 132 valence electrons. The number of fused-ring (bicyclic) bond motifs is 2. The van der Waals surface area contributed by atoms with Gasteiger partial charge >= 0.3 is 0 Å². The molecule has 2 aromatic carbocycles. The lowest BCUT2D eigenvalue weighted by molar-refractivity contribution is 0.287. The van der Waals surface area contributed by atoms with Gasteiger partial charge in [0.2, 0.25) is 0 Å². The number of hydrogen-bond acceptors (Lipinski definition) is 5. The molecule has 25 heavy (non-hydrogen) atoms. The van der Waals surface area contributed by atoms with E-state index in [0.29, 0.717) is 12.3 Å². The second-order valence-electron chi connectivity index (χ2n) is 5.37. The van der Waals surface area contributed by atoms with Crippen molar-refractivity contribution in [3.8, 4) is 0 Å². The summed E-state index contributed by atoms with van der Waals surface area (Å²) in [6.07, 6.45) is 2.48. The van der Waals surface area contributed by atoms with E-state index in [1.54, 1.807) is 0 Å². The summed E-state index contributed by atoms with van der Waals surface area (Å²) >= 11 is 0. The number of aliphatic hydroxyl groups excluding tert-OH is 1. The minimum absolute atomic E-state index is 0. The lowest BCUT2D eigenvalue weighted by Gasteiger charge is -1.85. The van der Waals surface area contributed by atoms with Crippen LogP contribution in [0.25, 0.3) is 22.2 Å². The Morgan fingerprint density at radius 2 is 1.28 bits per heavy atom. The Kier molecular flexibility index (Phi) is 6.71. The molecular weight excluding hydrogens is 316 g/mol. The van der Waals surface area contributed by atoms with Gasteiger partial charge in [0.25, 0.3) is 0 Å². The van der Waals surface area contributed by atoms with Gasteiger partial charge in [0.15, 0.2) is 22.9 Å². The van der Waals surface area contributed by atoms with E-state index < -0.39 is 0 Å². The molecule has 0 saturated heterocycles. The fourth-order valence-electron chi connectivity index (χ4n) is 2.36. The van der Waals surface area contributed by atoms with Gasteiger partial charge in [0, 0.05) is 12.8 Å². The molecule has 0 fully saturated rings. The summed E-state index contributed by atoms with van der Waals surface area (Å²) in [6, 6.07) is 15.4. The number of para-hydroxylation sites is 4. The molecule has 0 aliphatic carbocycles. The summed E-state index contributed by atoms with van der Waals surface area (Å²) in [7, 11) is 0. The zero-order valence-electron chi connectivity index (χ0n) is 13.6. The third-order valence-corrected chi connectivity index (χ3v) is 3.47. The third-order valence-electron chi connectivity index (χ3n) is 3.47. The average molecular weight is 340 g/mol. The van der Waals surface area contributed by atoms with Crippen molar-refractivity contribution in [1.82, 2.24) is 9.97 Å². The summed E-state index contributed by atoms with van der Waals surface area (Å²) in [5.74, 6) is 1.44. The van der Waals surface area contributed by atoms with Crippen LogP contribution < -0.4 is 0 Å². The van der Waals surface area contributed by atoms with Crippen molar-refractivity contribution in [2.45, 2.75) is 33.6 Å². The van der Waals surface area contributed by atoms with E-state index in [2.05, 4.69) is 16.9 Å². The summed E-state index contributed by atoms with van der Waals surface area (Å²) in [5.41, 5.74) is 3.48. The minimum atomic E-state index is 0. The molecule has 2 aromatic heterocycles. The number of rotatable bonds is 4. The molecule has 5 heteroatoms. The first-order valence-corrected chi connectivity index (χ1v) is 8.10. The summed E-state index contributed by atoms with van der Waals surface area (Å²) in [5, 5.41) is 8.64. The number of nitrogens with zero attached hydrogens (tertiary/aromatic N) is 2. The molecule has 0 aliphatic heterocycles. The number of aryl methyl sites for hydroxylation is 1. The molecule has 0 saturated carbocycles. The van der Waals surface area contributed by atoms with Gasteiger partial charge in [-0.3, -0.25) is 0 Å². The van der Waals surface area contributed by atoms with Crippen LogP contribution in [0.3, 0.4) is 0 Å². The van der Waals surface area contributed by atoms with E-state index in [1.807, 2.05) is 48.5 Å². The van der Waals surface area contributed by atoms with E-state index in [1.165, 1.54) is 0 Å². The Hall–Kier alpha value is -2.66. The van der Waals surface area contributed by atoms with Crippen LogP contribution in [0.2, 0.25) is 0 Å². The molecule has 5 nitrogen and oxygen atoms in total. The number of aromatic nitrogens is 2. The third kappa shape index (κ3) is 4.67. The van der Waals surface area contributed by atoms with E-state index in [0.717, 1.165) is 40.9 Å². The van der Waals surface area contributed by atoms with E-state index >= 15 is 0 Å². The van der Waals surface area contributed by atoms with Crippen LogP contribution in [-0.2, 0) is 12.8 Å². The Bertz CT molecular complexity index is 769. The number of aliphatic hydroxyl groups is 1. The molecule has 0 aliphatic rings. The number of hydrogen-bond donors (Lipinski definition) is 1. The van der Waals surface area contributed by atoms with Gasteiger partial charge < -0.3 is 13.9 Å². The highest BCUT2D eigenvalue weighted by Crippen LogP contribution is 2.15. The van der Waals surface area contributed by atoms with Gasteiger partial charge in [0.05, 0.1) is 6.61 Å². The lowest BCUT2D eigenvalue weighted by atomic mass is 10.3. The maximum Gasteiger partial charge on any atom is 0.197 e. The van der Waals surface area contributed by atoms with Crippen molar-refractivity contribution in [3.05, 3.63) is 60.3 Å². The molecule has 0 atom stereocenters. The van der Waals surface area contributed by atoms with Crippen LogP contribution >= 0.6 is 0 Å². The fourth-order valence-corrected chi connectivity index (χ4v) is 2.36. The topological polar surface area (TPSA) is 72.3 Å². The predicted octanol–water partition coefficient (Wildman–Crippen LogP) is 4.78. The van der Waals surface area contributed by atoms with Crippen LogP contribution in [-0.4, -0.2) is 21.7 Å². The van der Waals surface area contributed by atoms with Gasteiger partial charge in [-0.15, -0.1) is 0 Å². The molecule has 0 spiro atoms. The van der Waals surface area contributed by atoms with E-state index in [-0.39, 0.29) is 14.0 Å². The van der Waals surface area contributed by atoms with Crippen LogP contribution in [0.5, 0.6) is 0 Å². The fraction of sp³-hybridized carbons (Fsp3) is 0.300. The lowest BCUT2D eigenvalue weighted by Crippen LogP contribution is -1.88. The highest BCUT2D eigenvalue weighted by Gasteiger charge is 2.03. The standard InChI is InChI=1S/C10H11NO.C9H9NO2.CH4/c1-2-5-10-11-8-6-3-4-7-9(8)12-10;11-6-5-9-10-7-3-1-2-4-8(7)12-9;/h3-4,6-7H,2,5H2,1H3;1-4,11H,5-6H2;1H4. The molecule has 0 radical (unpaired) electrons. The quantitative estimate of drug-likeness (QED) is 0.579. The first-order chi connectivity index (χ1) is 11.8. The summed E-state index contributed by atoms with van der Waals surface area (Å²) in [4.78, 5) is 8.51. The monoisotopic (exact) mass is 340 g/mol. The first-order valence-electron chi connectivity index (χ1n) is 8.10. The summed E-state index contributed by atoms with van der Waals surface area (Å²) in [6.45, 7) is 2.20. The Morgan fingerprint density at radius 1 is 0.800 bits per heavy atom. The molecule has 0 bridgehead atoms. The molecule has 1 N–H and O–H groups in total. The normalized spacial score (nSPS) is 10.3. The van der Waals surface area contributed by atoms with Crippen molar-refractivity contribution in [2.75, 3.05) is 6.61 Å². The van der Waals surface area contributed by atoms with E-state index in [4.69, 9.17) is 13.9 Å². The molecular formula is C20H24N2O3. The maximum absolute atomic E-state index is 8.64. The number of oxazole rings is 2. The maximum atomic E-state index is 8.64. The smallest absolute Gasteiger partial charge is 0.197 e. The zero-order valence-corrected chi connectivity index (χ0v) is 13.6. The van der Waals surface area contributed by atoms with Crippen LogP contribution in [0, 0.1) is 0 Å². The van der Waals surface area contributed by atoms with Crippen molar-refractivity contribution in [1.29, 1.82) is 0 Å². The van der Waals surface area contributed by atoms with Crippen LogP contribution in [0.4, 0.5) is 0 Å². The second kappa shape index (κ2) is 8.99. The van der Waals surface area contributed by atoms with Crippen molar-refractivity contribution in [2.24, 2.45) is 0 Å². The van der Waals surface area contributed by atoms with Gasteiger partial charge in [0.1, 0.15) is 11.0 Å². The Balaban J connectivity index is 0.000000173. The highest BCUT2D eigenvalue weighted by molar-refractivity contribution is 5.72. The molecule has 0 unspecified atom stereocenters. The summed E-state index contributed by atoms with van der Waals surface area (Å²) < 4.78 is 10.8. The molecule has 0 amide bonds.